The number of hydrogen-bond donors (Lipinski definition) is 1. The zero-order valence-corrected chi connectivity index (χ0v) is 13.7. The van der Waals surface area contributed by atoms with Gasteiger partial charge in [-0.1, -0.05) is 23.7 Å². The number of halogens is 1. The van der Waals surface area contributed by atoms with E-state index in [-0.39, 0.29) is 0 Å². The molecule has 0 bridgehead atoms. The predicted molar refractivity (Wildman–Crippen MR) is 88.9 cm³/mol. The molecule has 112 valence electrons. The van der Waals surface area contributed by atoms with Crippen molar-refractivity contribution in [1.29, 1.82) is 0 Å². The summed E-state index contributed by atoms with van der Waals surface area (Å²) in [6.07, 6.45) is 1.63. The van der Waals surface area contributed by atoms with Gasteiger partial charge in [-0.3, -0.25) is 4.68 Å². The number of thiocarbonyl (C=S) groups is 1. The molecule has 0 aliphatic rings. The summed E-state index contributed by atoms with van der Waals surface area (Å²) in [5.41, 5.74) is 1.73. The smallest absolute Gasteiger partial charge is 0.173 e. The summed E-state index contributed by atoms with van der Waals surface area (Å²) in [5, 5.41) is 8.50. The molecule has 2 aromatic rings. The lowest BCUT2D eigenvalue weighted by molar-refractivity contribution is 0.416. The number of aryl methyl sites for hydroxylation is 1. The molecule has 21 heavy (non-hydrogen) atoms. The van der Waals surface area contributed by atoms with Crippen LogP contribution >= 0.6 is 23.8 Å². The van der Waals surface area contributed by atoms with Crippen molar-refractivity contribution in [3.63, 3.8) is 0 Å². The lowest BCUT2D eigenvalue weighted by Crippen LogP contribution is -2.31. The molecule has 1 N–H and O–H groups in total. The van der Waals surface area contributed by atoms with Crippen molar-refractivity contribution < 1.29 is 4.74 Å². The number of rotatable bonds is 4. The first kappa shape index (κ1) is 15.6. The van der Waals surface area contributed by atoms with Gasteiger partial charge in [0.1, 0.15) is 5.75 Å². The Bertz CT molecular complexity index is 624. The SMILES string of the molecule is COc1ccccc1NC(=S)N(C)Cc1c(Cl)cnn1C. The van der Waals surface area contributed by atoms with Gasteiger partial charge in [0, 0.05) is 14.1 Å². The van der Waals surface area contributed by atoms with Crippen LogP contribution in [0, 0.1) is 0 Å². The van der Waals surface area contributed by atoms with E-state index in [9.17, 15) is 0 Å². The normalized spacial score (nSPS) is 10.3. The number of nitrogens with zero attached hydrogens (tertiary/aromatic N) is 3. The molecule has 0 aliphatic carbocycles. The third kappa shape index (κ3) is 3.65. The second kappa shape index (κ2) is 6.78. The Kier molecular flexibility index (Phi) is 5.03. The van der Waals surface area contributed by atoms with Gasteiger partial charge < -0.3 is 15.0 Å². The van der Waals surface area contributed by atoms with Gasteiger partial charge in [0.05, 0.1) is 36.3 Å². The van der Waals surface area contributed by atoms with Crippen LogP contribution in [-0.2, 0) is 13.6 Å². The molecule has 0 saturated carbocycles. The van der Waals surface area contributed by atoms with Crippen LogP contribution in [0.5, 0.6) is 5.75 Å². The monoisotopic (exact) mass is 324 g/mol. The summed E-state index contributed by atoms with van der Waals surface area (Å²) in [5.74, 6) is 0.742. The van der Waals surface area contributed by atoms with Gasteiger partial charge in [-0.25, -0.2) is 0 Å². The van der Waals surface area contributed by atoms with Crippen LogP contribution in [0.4, 0.5) is 5.69 Å². The molecular weight excluding hydrogens is 308 g/mol. The molecule has 7 heteroatoms. The molecule has 0 atom stereocenters. The van der Waals surface area contributed by atoms with E-state index in [0.29, 0.717) is 16.7 Å². The minimum Gasteiger partial charge on any atom is -0.495 e. The highest BCUT2D eigenvalue weighted by Gasteiger charge is 2.13. The number of benzene rings is 1. The minimum atomic E-state index is 0.566. The molecule has 0 radical (unpaired) electrons. The molecule has 1 aromatic heterocycles. The highest BCUT2D eigenvalue weighted by molar-refractivity contribution is 7.80. The maximum Gasteiger partial charge on any atom is 0.173 e. The molecule has 1 heterocycles. The fraction of sp³-hybridized carbons (Fsp3) is 0.286. The third-order valence-electron chi connectivity index (χ3n) is 3.09. The van der Waals surface area contributed by atoms with Crippen molar-refractivity contribution in [3.05, 3.63) is 41.2 Å². The number of anilines is 1. The van der Waals surface area contributed by atoms with Crippen LogP contribution in [0.25, 0.3) is 0 Å². The predicted octanol–water partition coefficient (Wildman–Crippen LogP) is 2.91. The van der Waals surface area contributed by atoms with Crippen molar-refractivity contribution in [2.24, 2.45) is 7.05 Å². The fourth-order valence-electron chi connectivity index (χ4n) is 1.87. The second-order valence-corrected chi connectivity index (χ2v) is 5.34. The van der Waals surface area contributed by atoms with E-state index in [1.807, 2.05) is 43.3 Å². The van der Waals surface area contributed by atoms with E-state index in [2.05, 4.69) is 10.4 Å². The minimum absolute atomic E-state index is 0.566. The first-order valence-electron chi connectivity index (χ1n) is 6.34. The number of ether oxygens (including phenoxy) is 1. The second-order valence-electron chi connectivity index (χ2n) is 4.55. The average Bonchev–Trinajstić information content (AvgIpc) is 2.79. The molecule has 0 saturated heterocycles. The molecule has 1 aromatic carbocycles. The average molecular weight is 325 g/mol. The van der Waals surface area contributed by atoms with Gasteiger partial charge in [0.25, 0.3) is 0 Å². The van der Waals surface area contributed by atoms with E-state index in [1.165, 1.54) is 0 Å². The molecule has 0 unspecified atom stereocenters. The highest BCUT2D eigenvalue weighted by atomic mass is 35.5. The maximum absolute atomic E-state index is 6.11. The Morgan fingerprint density at radius 3 is 2.81 bits per heavy atom. The van der Waals surface area contributed by atoms with E-state index >= 15 is 0 Å². The molecular formula is C14H17ClN4OS. The standard InChI is InChI=1S/C14H17ClN4OS/c1-18(9-12-10(15)8-16-19(12)2)14(21)17-11-6-4-5-7-13(11)20-3/h4-8H,9H2,1-3H3,(H,17,21). The first-order chi connectivity index (χ1) is 10.0. The Morgan fingerprint density at radius 2 is 2.19 bits per heavy atom. The van der Waals surface area contributed by atoms with Crippen molar-refractivity contribution in [2.45, 2.75) is 6.54 Å². The van der Waals surface area contributed by atoms with Crippen molar-refractivity contribution in [3.8, 4) is 5.75 Å². The van der Waals surface area contributed by atoms with Gasteiger partial charge in [-0.15, -0.1) is 0 Å². The first-order valence-corrected chi connectivity index (χ1v) is 7.13. The Hall–Kier alpha value is -1.79. The van der Waals surface area contributed by atoms with Crippen LogP contribution in [0.1, 0.15) is 5.69 Å². The lowest BCUT2D eigenvalue weighted by atomic mass is 10.3. The number of hydrogen-bond acceptors (Lipinski definition) is 3. The number of para-hydroxylation sites is 2. The lowest BCUT2D eigenvalue weighted by Gasteiger charge is -2.22. The maximum atomic E-state index is 6.11. The zero-order valence-electron chi connectivity index (χ0n) is 12.1. The van der Waals surface area contributed by atoms with Gasteiger partial charge in [-0.05, 0) is 24.4 Å². The largest absolute Gasteiger partial charge is 0.495 e. The van der Waals surface area contributed by atoms with E-state index in [1.54, 1.807) is 18.0 Å². The summed E-state index contributed by atoms with van der Waals surface area (Å²) < 4.78 is 7.03. The third-order valence-corrected chi connectivity index (χ3v) is 3.82. The molecule has 5 nitrogen and oxygen atoms in total. The zero-order chi connectivity index (χ0) is 15.4. The number of nitrogens with one attached hydrogen (secondary N) is 1. The van der Waals surface area contributed by atoms with Crippen molar-refractivity contribution in [2.75, 3.05) is 19.5 Å². The molecule has 0 fully saturated rings. The highest BCUT2D eigenvalue weighted by Crippen LogP contribution is 2.23. The topological polar surface area (TPSA) is 42.3 Å². The van der Waals surface area contributed by atoms with Gasteiger partial charge in [-0.2, -0.15) is 5.10 Å². The van der Waals surface area contributed by atoms with Crippen LogP contribution in [-0.4, -0.2) is 34.0 Å². The Morgan fingerprint density at radius 1 is 1.48 bits per heavy atom. The van der Waals surface area contributed by atoms with Crippen molar-refractivity contribution >= 4 is 34.6 Å². The van der Waals surface area contributed by atoms with Crippen LogP contribution in [0.15, 0.2) is 30.5 Å². The summed E-state index contributed by atoms with van der Waals surface area (Å²) in [6.45, 7) is 0.566. The number of aromatic nitrogens is 2. The Balaban J connectivity index is 2.06. The summed E-state index contributed by atoms with van der Waals surface area (Å²) in [7, 11) is 5.38. The van der Waals surface area contributed by atoms with E-state index < -0.39 is 0 Å². The van der Waals surface area contributed by atoms with Crippen molar-refractivity contribution in [1.82, 2.24) is 14.7 Å². The summed E-state index contributed by atoms with van der Waals surface area (Å²) in [6, 6.07) is 7.62. The molecule has 0 amide bonds. The van der Waals surface area contributed by atoms with Crippen LogP contribution < -0.4 is 10.1 Å². The van der Waals surface area contributed by atoms with E-state index in [0.717, 1.165) is 17.1 Å². The molecule has 2 rings (SSSR count). The summed E-state index contributed by atoms with van der Waals surface area (Å²) in [4.78, 5) is 1.89. The fourth-order valence-corrected chi connectivity index (χ4v) is 2.27. The number of methoxy groups -OCH3 is 1. The van der Waals surface area contributed by atoms with Gasteiger partial charge >= 0.3 is 0 Å². The van der Waals surface area contributed by atoms with Gasteiger partial charge in [0.2, 0.25) is 0 Å². The molecule has 0 aliphatic heterocycles. The van der Waals surface area contributed by atoms with Crippen LogP contribution in [0.3, 0.4) is 0 Å². The Labute approximate surface area is 134 Å². The molecule has 0 spiro atoms. The van der Waals surface area contributed by atoms with Gasteiger partial charge in [0.15, 0.2) is 5.11 Å². The van der Waals surface area contributed by atoms with Crippen LogP contribution in [0.2, 0.25) is 5.02 Å². The summed E-state index contributed by atoms with van der Waals surface area (Å²) >= 11 is 11.5. The van der Waals surface area contributed by atoms with E-state index in [4.69, 9.17) is 28.6 Å². The quantitative estimate of drug-likeness (QED) is 0.876.